The van der Waals surface area contributed by atoms with Gasteiger partial charge in [-0.2, -0.15) is 0 Å². The Bertz CT molecular complexity index is 675. The van der Waals surface area contributed by atoms with E-state index in [1.807, 2.05) is 0 Å². The van der Waals surface area contributed by atoms with Crippen LogP contribution < -0.4 is 0 Å². The quantitative estimate of drug-likeness (QED) is 0.679. The zero-order valence-corrected chi connectivity index (χ0v) is 12.3. The van der Waals surface area contributed by atoms with Crippen LogP contribution >= 0.6 is 23.4 Å². The fourth-order valence-corrected chi connectivity index (χ4v) is 2.63. The molecule has 0 aliphatic carbocycles. The highest BCUT2D eigenvalue weighted by molar-refractivity contribution is 7.99. The Morgan fingerprint density at radius 2 is 2.14 bits per heavy atom. The first kappa shape index (κ1) is 15.3. The first-order valence-corrected chi connectivity index (χ1v) is 6.89. The maximum absolute atomic E-state index is 11.0. The number of halogens is 1. The molecular weight excluding hydrogens is 316 g/mol. The van der Waals surface area contributed by atoms with Gasteiger partial charge in [0, 0.05) is 22.7 Å². The third-order valence-electron chi connectivity index (χ3n) is 2.64. The minimum absolute atomic E-state index is 0.0247. The summed E-state index contributed by atoms with van der Waals surface area (Å²) in [6.45, 7) is 1.60. The number of carboxylic acid groups (broad SMARTS) is 1. The molecule has 0 radical (unpaired) electrons. The fraction of sp³-hybridized carbons (Fsp3) is 0.0769. The molecular formula is C13H9ClN2O4S. The number of aryl methyl sites for hydroxylation is 1. The second kappa shape index (κ2) is 6.11. The van der Waals surface area contributed by atoms with E-state index in [4.69, 9.17) is 16.7 Å². The molecule has 1 aromatic carbocycles. The van der Waals surface area contributed by atoms with Gasteiger partial charge in [0.1, 0.15) is 5.03 Å². The summed E-state index contributed by atoms with van der Waals surface area (Å²) in [5.74, 6) is -1.13. The van der Waals surface area contributed by atoms with E-state index in [-0.39, 0.29) is 16.3 Å². The number of benzene rings is 1. The molecule has 1 heterocycles. The molecule has 8 heteroatoms. The van der Waals surface area contributed by atoms with Gasteiger partial charge in [0.15, 0.2) is 0 Å². The van der Waals surface area contributed by atoms with Crippen LogP contribution in [-0.2, 0) is 0 Å². The standard InChI is InChI=1S/C13H9ClN2O4S/c1-7-6-15-12(5-11(7)16(19)20)21-8-2-3-10(14)9(4-8)13(17)18/h2-6H,1H3,(H,17,18). The number of hydrogen-bond acceptors (Lipinski definition) is 5. The van der Waals surface area contributed by atoms with Crippen LogP contribution in [-0.4, -0.2) is 21.0 Å². The van der Waals surface area contributed by atoms with Crippen molar-refractivity contribution < 1.29 is 14.8 Å². The molecule has 0 saturated heterocycles. The average molecular weight is 325 g/mol. The van der Waals surface area contributed by atoms with E-state index >= 15 is 0 Å². The van der Waals surface area contributed by atoms with Crippen LogP contribution in [0.4, 0.5) is 5.69 Å². The number of nitro groups is 1. The number of aromatic nitrogens is 1. The molecule has 1 N–H and O–H groups in total. The van der Waals surface area contributed by atoms with Gasteiger partial charge in [-0.25, -0.2) is 9.78 Å². The Hall–Kier alpha value is -2.12. The maximum atomic E-state index is 11.0. The van der Waals surface area contributed by atoms with Gasteiger partial charge in [-0.15, -0.1) is 0 Å². The monoisotopic (exact) mass is 324 g/mol. The van der Waals surface area contributed by atoms with Gasteiger partial charge < -0.3 is 5.11 Å². The SMILES string of the molecule is Cc1cnc(Sc2ccc(Cl)c(C(=O)O)c2)cc1[N+](=O)[O-]. The lowest BCUT2D eigenvalue weighted by atomic mass is 10.2. The van der Waals surface area contributed by atoms with Crippen molar-refractivity contribution in [1.29, 1.82) is 0 Å². The number of aromatic carboxylic acids is 1. The van der Waals surface area contributed by atoms with Crippen LogP contribution in [0.2, 0.25) is 5.02 Å². The number of rotatable bonds is 4. The van der Waals surface area contributed by atoms with E-state index < -0.39 is 10.9 Å². The molecule has 6 nitrogen and oxygen atoms in total. The highest BCUT2D eigenvalue weighted by Crippen LogP contribution is 2.31. The minimum Gasteiger partial charge on any atom is -0.478 e. The Labute approximate surface area is 128 Å². The summed E-state index contributed by atoms with van der Waals surface area (Å²) in [4.78, 5) is 26.1. The van der Waals surface area contributed by atoms with Crippen LogP contribution in [0.1, 0.15) is 15.9 Å². The number of pyridine rings is 1. The second-order valence-electron chi connectivity index (χ2n) is 4.12. The predicted molar refractivity (Wildman–Crippen MR) is 78.2 cm³/mol. The van der Waals surface area contributed by atoms with Gasteiger partial charge in [-0.1, -0.05) is 23.4 Å². The Morgan fingerprint density at radius 3 is 2.76 bits per heavy atom. The molecule has 21 heavy (non-hydrogen) atoms. The molecule has 108 valence electrons. The lowest BCUT2D eigenvalue weighted by Crippen LogP contribution is -1.97. The largest absolute Gasteiger partial charge is 0.478 e. The summed E-state index contributed by atoms with van der Waals surface area (Å²) in [6, 6.07) is 5.86. The fourth-order valence-electron chi connectivity index (χ4n) is 1.60. The molecule has 1 aromatic heterocycles. The zero-order chi connectivity index (χ0) is 15.6. The first-order chi connectivity index (χ1) is 9.88. The number of carbonyl (C=O) groups is 1. The van der Waals surface area contributed by atoms with E-state index in [0.717, 1.165) is 11.8 Å². The van der Waals surface area contributed by atoms with E-state index in [1.54, 1.807) is 13.0 Å². The van der Waals surface area contributed by atoms with Gasteiger partial charge in [0.2, 0.25) is 0 Å². The van der Waals surface area contributed by atoms with Crippen LogP contribution in [0.5, 0.6) is 0 Å². The molecule has 0 atom stereocenters. The minimum atomic E-state index is -1.13. The van der Waals surface area contributed by atoms with Crippen molar-refractivity contribution in [2.75, 3.05) is 0 Å². The van der Waals surface area contributed by atoms with Crippen molar-refractivity contribution in [2.24, 2.45) is 0 Å². The third-order valence-corrected chi connectivity index (χ3v) is 3.89. The number of hydrogen-bond donors (Lipinski definition) is 1. The van der Waals surface area contributed by atoms with Crippen LogP contribution in [0.25, 0.3) is 0 Å². The van der Waals surface area contributed by atoms with Crippen LogP contribution in [0.15, 0.2) is 40.4 Å². The lowest BCUT2D eigenvalue weighted by Gasteiger charge is -2.05. The van der Waals surface area contributed by atoms with E-state index in [0.29, 0.717) is 15.5 Å². The number of carboxylic acids is 1. The molecule has 0 bridgehead atoms. The Kier molecular flexibility index (Phi) is 4.44. The van der Waals surface area contributed by atoms with E-state index in [9.17, 15) is 14.9 Å². The summed E-state index contributed by atoms with van der Waals surface area (Å²) in [6.07, 6.45) is 1.41. The van der Waals surface area contributed by atoms with Gasteiger partial charge in [-0.05, 0) is 25.1 Å². The molecule has 0 spiro atoms. The van der Waals surface area contributed by atoms with Crippen LogP contribution in [0, 0.1) is 17.0 Å². The van der Waals surface area contributed by atoms with Gasteiger partial charge in [-0.3, -0.25) is 10.1 Å². The Balaban J connectivity index is 2.34. The molecule has 0 aliphatic heterocycles. The topological polar surface area (TPSA) is 93.3 Å². The summed E-state index contributed by atoms with van der Waals surface area (Å²) < 4.78 is 0. The van der Waals surface area contributed by atoms with Gasteiger partial charge in [0.25, 0.3) is 5.69 Å². The van der Waals surface area contributed by atoms with Gasteiger partial charge >= 0.3 is 5.97 Å². The van der Waals surface area contributed by atoms with Crippen molar-refractivity contribution in [3.8, 4) is 0 Å². The molecule has 0 aliphatic rings. The second-order valence-corrected chi connectivity index (χ2v) is 5.62. The molecule has 2 rings (SSSR count). The van der Waals surface area contributed by atoms with Crippen molar-refractivity contribution in [3.63, 3.8) is 0 Å². The van der Waals surface area contributed by atoms with Crippen molar-refractivity contribution >= 4 is 35.0 Å². The summed E-state index contributed by atoms with van der Waals surface area (Å²) in [5, 5.41) is 20.4. The maximum Gasteiger partial charge on any atom is 0.337 e. The highest BCUT2D eigenvalue weighted by atomic mass is 35.5. The predicted octanol–water partition coefficient (Wildman–Crippen LogP) is 3.80. The normalized spacial score (nSPS) is 10.4. The van der Waals surface area contributed by atoms with Crippen LogP contribution in [0.3, 0.4) is 0 Å². The van der Waals surface area contributed by atoms with Crippen molar-refractivity contribution in [1.82, 2.24) is 4.98 Å². The smallest absolute Gasteiger partial charge is 0.337 e. The summed E-state index contributed by atoms with van der Waals surface area (Å²) in [5.41, 5.74) is 0.412. The average Bonchev–Trinajstić information content (AvgIpc) is 2.42. The zero-order valence-electron chi connectivity index (χ0n) is 10.7. The summed E-state index contributed by atoms with van der Waals surface area (Å²) >= 11 is 6.92. The van der Waals surface area contributed by atoms with Crippen molar-refractivity contribution in [2.45, 2.75) is 16.8 Å². The van der Waals surface area contributed by atoms with E-state index in [1.165, 1.54) is 24.4 Å². The van der Waals surface area contributed by atoms with Crippen molar-refractivity contribution in [3.05, 3.63) is 56.7 Å². The lowest BCUT2D eigenvalue weighted by molar-refractivity contribution is -0.385. The molecule has 0 unspecified atom stereocenters. The third kappa shape index (κ3) is 3.50. The van der Waals surface area contributed by atoms with E-state index in [2.05, 4.69) is 4.98 Å². The molecule has 0 amide bonds. The summed E-state index contributed by atoms with van der Waals surface area (Å²) in [7, 11) is 0. The first-order valence-electron chi connectivity index (χ1n) is 5.70. The highest BCUT2D eigenvalue weighted by Gasteiger charge is 2.14. The molecule has 2 aromatic rings. The van der Waals surface area contributed by atoms with Gasteiger partial charge in [0.05, 0.1) is 15.5 Å². The molecule has 0 fully saturated rings. The Morgan fingerprint density at radius 1 is 1.43 bits per heavy atom. The number of nitrogens with zero attached hydrogens (tertiary/aromatic N) is 2. The molecule has 0 saturated carbocycles.